The first-order valence-corrected chi connectivity index (χ1v) is 10.8. The molecule has 0 saturated carbocycles. The Balaban J connectivity index is 1.54. The first-order valence-electron chi connectivity index (χ1n) is 10.4. The van der Waals surface area contributed by atoms with E-state index in [1.807, 2.05) is 30.3 Å². The lowest BCUT2D eigenvalue weighted by molar-refractivity contribution is -0.384. The molecule has 2 heterocycles. The third-order valence-corrected chi connectivity index (χ3v) is 5.62. The summed E-state index contributed by atoms with van der Waals surface area (Å²) in [4.78, 5) is 30.1. The molecule has 1 aliphatic heterocycles. The zero-order valence-corrected chi connectivity index (χ0v) is 18.7. The minimum atomic E-state index is -0.604. The number of allylic oxidation sites excluding steroid dienone is 1. The Bertz CT molecular complexity index is 1640. The van der Waals surface area contributed by atoms with Crippen LogP contribution in [0.15, 0.2) is 82.6 Å². The number of hydrogen-bond acceptors (Lipinski definition) is 7. The number of ether oxygens (including phenoxy) is 1. The second kappa shape index (κ2) is 8.84. The molecule has 0 aliphatic carbocycles. The van der Waals surface area contributed by atoms with E-state index >= 15 is 0 Å². The smallest absolute Gasteiger partial charge is 0.270 e. The molecule has 0 fully saturated rings. The van der Waals surface area contributed by atoms with E-state index in [0.29, 0.717) is 34.0 Å². The fourth-order valence-corrected chi connectivity index (χ4v) is 3.94. The molecule has 10 heteroatoms. The Kier molecular flexibility index (Phi) is 5.55. The number of hydrogen-bond donors (Lipinski definition) is 2. The highest BCUT2D eigenvalue weighted by molar-refractivity contribution is 7.71. The van der Waals surface area contributed by atoms with Crippen molar-refractivity contribution in [1.82, 2.24) is 9.55 Å². The molecule has 0 saturated heterocycles. The standard InChI is InChI=1S/C25H16N4O5S/c30-23-21(12-15-14-26-22-11-8-17(29(32)33)13-20(15)22)24(31)28(25(35)27-23)16-6-9-19(10-7-16)34-18-4-2-1-3-5-18/h1-14,31H,(H,27,30,35). The van der Waals surface area contributed by atoms with Crippen LogP contribution < -0.4 is 10.3 Å². The van der Waals surface area contributed by atoms with Crippen molar-refractivity contribution in [1.29, 1.82) is 0 Å². The lowest BCUT2D eigenvalue weighted by atomic mass is 10.0. The van der Waals surface area contributed by atoms with Gasteiger partial charge in [-0.05, 0) is 60.8 Å². The van der Waals surface area contributed by atoms with Gasteiger partial charge in [0, 0.05) is 29.5 Å². The van der Waals surface area contributed by atoms with Gasteiger partial charge < -0.3 is 9.84 Å². The van der Waals surface area contributed by atoms with E-state index in [1.54, 1.807) is 24.3 Å². The van der Waals surface area contributed by atoms with Crippen LogP contribution >= 0.6 is 12.2 Å². The van der Waals surface area contributed by atoms with Gasteiger partial charge in [-0.1, -0.05) is 18.2 Å². The number of aliphatic imine (C=N–C) groups is 1. The average Bonchev–Trinajstić information content (AvgIpc) is 3.25. The van der Waals surface area contributed by atoms with Crippen molar-refractivity contribution in [2.75, 3.05) is 0 Å². The Morgan fingerprint density at radius 3 is 2.49 bits per heavy atom. The molecule has 172 valence electrons. The predicted molar refractivity (Wildman–Crippen MR) is 135 cm³/mol. The van der Waals surface area contributed by atoms with E-state index in [2.05, 4.69) is 9.98 Å². The zero-order chi connectivity index (χ0) is 24.5. The Morgan fingerprint density at radius 1 is 1.06 bits per heavy atom. The molecule has 1 aliphatic rings. The van der Waals surface area contributed by atoms with Gasteiger partial charge >= 0.3 is 0 Å². The number of non-ortho nitro benzene ring substituents is 1. The monoisotopic (exact) mass is 484 g/mol. The van der Waals surface area contributed by atoms with Crippen LogP contribution in [-0.2, 0) is 0 Å². The van der Waals surface area contributed by atoms with E-state index in [4.69, 9.17) is 17.0 Å². The number of nitro groups is 1. The van der Waals surface area contributed by atoms with Gasteiger partial charge in [0.05, 0.1) is 16.3 Å². The van der Waals surface area contributed by atoms with Gasteiger partial charge in [-0.15, -0.1) is 0 Å². The summed E-state index contributed by atoms with van der Waals surface area (Å²) in [6.07, 6.45) is 2.90. The lowest BCUT2D eigenvalue weighted by Crippen LogP contribution is -2.16. The van der Waals surface area contributed by atoms with Gasteiger partial charge in [-0.2, -0.15) is 0 Å². The lowest BCUT2D eigenvalue weighted by Gasteiger charge is -2.13. The van der Waals surface area contributed by atoms with Gasteiger partial charge in [-0.3, -0.25) is 29.5 Å². The summed E-state index contributed by atoms with van der Waals surface area (Å²) in [7, 11) is 0. The minimum absolute atomic E-state index is 0.00232. The second-order valence-electron chi connectivity index (χ2n) is 7.56. The van der Waals surface area contributed by atoms with Gasteiger partial charge in [0.2, 0.25) is 5.88 Å². The van der Waals surface area contributed by atoms with Gasteiger partial charge in [-0.25, -0.2) is 0 Å². The molecule has 35 heavy (non-hydrogen) atoms. The van der Waals surface area contributed by atoms with Crippen molar-refractivity contribution in [3.63, 3.8) is 0 Å². The second-order valence-corrected chi connectivity index (χ2v) is 7.94. The number of nitrogens with zero attached hydrogens (tertiary/aromatic N) is 3. The number of para-hydroxylation sites is 1. The summed E-state index contributed by atoms with van der Waals surface area (Å²) in [5.41, 5.74) is 1.18. The number of fused-ring (bicyclic) bond motifs is 1. The Morgan fingerprint density at radius 2 is 1.77 bits per heavy atom. The fourth-order valence-electron chi connectivity index (χ4n) is 3.66. The van der Waals surface area contributed by atoms with Crippen molar-refractivity contribution < 1.29 is 14.8 Å². The van der Waals surface area contributed by atoms with Crippen molar-refractivity contribution in [2.45, 2.75) is 0 Å². The summed E-state index contributed by atoms with van der Waals surface area (Å²) in [6.45, 7) is 0. The van der Waals surface area contributed by atoms with Crippen molar-refractivity contribution in [2.24, 2.45) is 4.99 Å². The number of H-pyrrole nitrogens is 1. The molecule has 5 rings (SSSR count). The maximum atomic E-state index is 12.7. The molecule has 1 aromatic heterocycles. The number of benzene rings is 3. The largest absolute Gasteiger partial charge is 0.494 e. The van der Waals surface area contributed by atoms with Crippen molar-refractivity contribution in [3.8, 4) is 23.1 Å². The summed E-state index contributed by atoms with van der Waals surface area (Å²) >= 11 is 5.29. The minimum Gasteiger partial charge on any atom is -0.494 e. The predicted octanol–water partition coefficient (Wildman–Crippen LogP) is 5.56. The summed E-state index contributed by atoms with van der Waals surface area (Å²) in [5, 5.41) is 22.2. The van der Waals surface area contributed by atoms with Crippen molar-refractivity contribution >= 4 is 41.5 Å². The zero-order valence-electron chi connectivity index (χ0n) is 17.9. The third-order valence-electron chi connectivity index (χ3n) is 5.34. The number of aromatic hydroxyl groups is 1. The van der Waals surface area contributed by atoms with Crippen LogP contribution in [0.4, 0.5) is 11.4 Å². The van der Waals surface area contributed by atoms with Crippen LogP contribution in [0, 0.1) is 14.9 Å². The molecule has 0 radical (unpaired) electrons. The van der Waals surface area contributed by atoms with Gasteiger partial charge in [0.1, 0.15) is 17.1 Å². The molecule has 0 bridgehead atoms. The van der Waals surface area contributed by atoms with E-state index in [0.717, 1.165) is 0 Å². The van der Waals surface area contributed by atoms with Gasteiger partial charge in [0.15, 0.2) is 4.77 Å². The SMILES string of the molecule is O=c1[nH]c(=S)n(-c2ccc(Oc3ccccc3)cc2)c(O)c1C=C1C=Nc2ccc([N+](=O)[O-])cc21. The summed E-state index contributed by atoms with van der Waals surface area (Å²) in [6, 6.07) is 20.4. The number of nitrogens with one attached hydrogen (secondary N) is 1. The highest BCUT2D eigenvalue weighted by atomic mass is 32.1. The number of nitro benzene ring substituents is 1. The van der Waals surface area contributed by atoms with Gasteiger partial charge in [0.25, 0.3) is 11.2 Å². The summed E-state index contributed by atoms with van der Waals surface area (Å²) < 4.78 is 7.11. The quantitative estimate of drug-likeness (QED) is 0.217. The van der Waals surface area contributed by atoms with Crippen LogP contribution in [-0.4, -0.2) is 25.8 Å². The van der Waals surface area contributed by atoms with E-state index in [9.17, 15) is 20.0 Å². The van der Waals surface area contributed by atoms with Crippen LogP contribution in [0.25, 0.3) is 17.3 Å². The average molecular weight is 484 g/mol. The Hall–Kier alpha value is -4.83. The maximum Gasteiger partial charge on any atom is 0.270 e. The fraction of sp³-hybridized carbons (Fsp3) is 0. The Labute approximate surface area is 203 Å². The highest BCUT2D eigenvalue weighted by Crippen LogP contribution is 2.36. The van der Waals surface area contributed by atoms with Crippen molar-refractivity contribution in [3.05, 3.63) is 109 Å². The van der Waals surface area contributed by atoms with Crippen LogP contribution in [0.3, 0.4) is 0 Å². The number of aromatic amines is 1. The molecule has 0 spiro atoms. The normalized spacial score (nSPS) is 13.1. The topological polar surface area (TPSA) is 123 Å². The molecule has 9 nitrogen and oxygen atoms in total. The van der Waals surface area contributed by atoms with Crippen LogP contribution in [0.5, 0.6) is 17.4 Å². The molecule has 0 unspecified atom stereocenters. The molecule has 4 aromatic rings. The maximum absolute atomic E-state index is 12.7. The molecular formula is C25H16N4O5S. The highest BCUT2D eigenvalue weighted by Gasteiger charge is 2.19. The van der Waals surface area contributed by atoms with E-state index in [1.165, 1.54) is 35.1 Å². The molecule has 0 amide bonds. The number of rotatable bonds is 5. The van der Waals surface area contributed by atoms with Crippen LogP contribution in [0.2, 0.25) is 0 Å². The molecular weight excluding hydrogens is 468 g/mol. The third kappa shape index (κ3) is 4.25. The van der Waals surface area contributed by atoms with E-state index < -0.39 is 10.5 Å². The van der Waals surface area contributed by atoms with E-state index in [-0.39, 0.29) is 21.9 Å². The number of aromatic nitrogens is 2. The molecule has 0 atom stereocenters. The van der Waals surface area contributed by atoms with Crippen LogP contribution in [0.1, 0.15) is 11.1 Å². The summed E-state index contributed by atoms with van der Waals surface area (Å²) in [5.74, 6) is 0.879. The first kappa shape index (κ1) is 22.0. The molecule has 3 aromatic carbocycles. The first-order chi connectivity index (χ1) is 16.9. The molecule has 2 N–H and O–H groups in total.